The lowest BCUT2D eigenvalue weighted by molar-refractivity contribution is 0.433. The molecule has 0 aliphatic heterocycles. The lowest BCUT2D eigenvalue weighted by atomic mass is 9.82. The third kappa shape index (κ3) is 4.49. The Kier molecular flexibility index (Phi) is 6.53. The normalized spacial score (nSPS) is 15.3. The van der Waals surface area contributed by atoms with Gasteiger partial charge in [0.05, 0.1) is 13.1 Å². The molecule has 0 bridgehead atoms. The van der Waals surface area contributed by atoms with Crippen molar-refractivity contribution in [1.82, 2.24) is 5.01 Å². The van der Waals surface area contributed by atoms with E-state index in [1.165, 1.54) is 60.8 Å². The Morgan fingerprint density at radius 1 is 0.543 bits per heavy atom. The molecule has 3 heteroatoms. The Hall–Kier alpha value is -4.99. The molecule has 0 aromatic heterocycles. The van der Waals surface area contributed by atoms with Gasteiger partial charge in [-0.1, -0.05) is 143 Å². The number of hydrogen-bond donors (Lipinski definition) is 1. The van der Waals surface area contributed by atoms with Gasteiger partial charge in [-0.3, -0.25) is 10.0 Å². The van der Waals surface area contributed by atoms with Crippen LogP contribution in [0.25, 0.3) is 33.0 Å². The first-order chi connectivity index (χ1) is 22.2. The molecule has 0 unspecified atom stereocenters. The van der Waals surface area contributed by atoms with Crippen LogP contribution >= 0.6 is 0 Å². The number of nitrogens with two attached hydrogens (primary N) is 1. The Bertz CT molecular complexity index is 2190. The number of amidine groups is 1. The molecular formula is C43H39N3. The van der Waals surface area contributed by atoms with Gasteiger partial charge in [0.15, 0.2) is 0 Å². The first-order valence-electron chi connectivity index (χ1n) is 16.2. The first kappa shape index (κ1) is 28.5. The molecule has 8 rings (SSSR count). The quantitative estimate of drug-likeness (QED) is 0.0930. The zero-order valence-corrected chi connectivity index (χ0v) is 27.0. The van der Waals surface area contributed by atoms with Crippen LogP contribution in [0.2, 0.25) is 0 Å². The second kappa shape index (κ2) is 10.5. The van der Waals surface area contributed by atoms with Crippen molar-refractivity contribution < 1.29 is 0 Å². The summed E-state index contributed by atoms with van der Waals surface area (Å²) in [6.07, 6.45) is 0. The Morgan fingerprint density at radius 3 is 1.78 bits per heavy atom. The molecule has 2 aliphatic rings. The summed E-state index contributed by atoms with van der Waals surface area (Å²) in [5.74, 6) is 7.78. The Labute approximate surface area is 272 Å². The van der Waals surface area contributed by atoms with Gasteiger partial charge in [-0.15, -0.1) is 0 Å². The van der Waals surface area contributed by atoms with Gasteiger partial charge in [0.2, 0.25) is 0 Å². The van der Waals surface area contributed by atoms with Gasteiger partial charge in [-0.25, -0.2) is 5.84 Å². The molecule has 0 fully saturated rings. The van der Waals surface area contributed by atoms with Gasteiger partial charge in [0.25, 0.3) is 0 Å². The molecule has 0 heterocycles. The van der Waals surface area contributed by atoms with E-state index in [-0.39, 0.29) is 10.8 Å². The number of aliphatic imine (C=N–C) groups is 1. The molecule has 3 nitrogen and oxygen atoms in total. The van der Waals surface area contributed by atoms with Crippen molar-refractivity contribution in [1.29, 1.82) is 0 Å². The molecular weight excluding hydrogens is 558 g/mol. The predicted molar refractivity (Wildman–Crippen MR) is 192 cm³/mol. The standard InChI is InChI=1S/C43H39N3/c1-42(2)37-15-9-7-13-33(37)35-21-18-28(24-39(35)42)26-45-41(46(44)27-29-17-19-30-11-5-6-12-31(30)23-29)32-20-22-36-34-14-8-10-16-38(34)43(3,4)40(36)25-32/h5-25H,26-27,44H2,1-4H3. The van der Waals surface area contributed by atoms with E-state index >= 15 is 0 Å². The fourth-order valence-electron chi connectivity index (χ4n) is 7.82. The second-order valence-corrected chi connectivity index (χ2v) is 13.9. The average molecular weight is 598 g/mol. The number of rotatable bonds is 5. The van der Waals surface area contributed by atoms with Crippen LogP contribution < -0.4 is 5.84 Å². The first-order valence-corrected chi connectivity index (χ1v) is 16.2. The lowest BCUT2D eigenvalue weighted by Crippen LogP contribution is -2.37. The van der Waals surface area contributed by atoms with Crippen LogP contribution in [0.5, 0.6) is 0 Å². The second-order valence-electron chi connectivity index (χ2n) is 13.9. The van der Waals surface area contributed by atoms with Crippen LogP contribution in [-0.2, 0) is 23.9 Å². The third-order valence-electron chi connectivity index (χ3n) is 10.3. The van der Waals surface area contributed by atoms with Crippen LogP contribution in [0.3, 0.4) is 0 Å². The summed E-state index contributed by atoms with van der Waals surface area (Å²) in [5.41, 5.74) is 13.9. The van der Waals surface area contributed by atoms with Crippen molar-refractivity contribution in [2.75, 3.05) is 0 Å². The molecule has 6 aromatic rings. The SMILES string of the molecule is CC1(C)c2ccccc2-c2ccc(CN=C(c3ccc4c(c3)C(C)(C)c3ccccc3-4)N(N)Cc3ccc4ccccc4c3)cc21. The highest BCUT2D eigenvalue weighted by Gasteiger charge is 2.36. The summed E-state index contributed by atoms with van der Waals surface area (Å²) < 4.78 is 0. The summed E-state index contributed by atoms with van der Waals surface area (Å²) in [6.45, 7) is 10.4. The number of nitrogens with zero attached hydrogens (tertiary/aromatic N) is 2. The minimum atomic E-state index is -0.106. The smallest absolute Gasteiger partial charge is 0.145 e. The summed E-state index contributed by atoms with van der Waals surface area (Å²) in [7, 11) is 0. The molecule has 226 valence electrons. The monoisotopic (exact) mass is 597 g/mol. The van der Waals surface area contributed by atoms with Crippen LogP contribution in [0.4, 0.5) is 0 Å². The Morgan fingerprint density at radius 2 is 1.09 bits per heavy atom. The molecule has 0 amide bonds. The van der Waals surface area contributed by atoms with Crippen molar-refractivity contribution >= 4 is 16.6 Å². The van der Waals surface area contributed by atoms with Gasteiger partial charge in [0, 0.05) is 16.4 Å². The molecule has 6 aromatic carbocycles. The highest BCUT2D eigenvalue weighted by Crippen LogP contribution is 2.50. The summed E-state index contributed by atoms with van der Waals surface area (Å²) in [4.78, 5) is 5.28. The highest BCUT2D eigenvalue weighted by atomic mass is 15.4. The van der Waals surface area contributed by atoms with E-state index in [9.17, 15) is 0 Å². The maximum Gasteiger partial charge on any atom is 0.145 e. The molecule has 46 heavy (non-hydrogen) atoms. The molecule has 2 N–H and O–H groups in total. The van der Waals surface area contributed by atoms with E-state index in [1.54, 1.807) is 0 Å². The van der Waals surface area contributed by atoms with Crippen molar-refractivity contribution in [3.8, 4) is 22.3 Å². The van der Waals surface area contributed by atoms with E-state index in [0.29, 0.717) is 13.1 Å². The number of hydrogen-bond acceptors (Lipinski definition) is 2. The van der Waals surface area contributed by atoms with Crippen LogP contribution in [0.1, 0.15) is 66.6 Å². The predicted octanol–water partition coefficient (Wildman–Crippen LogP) is 9.78. The lowest BCUT2D eigenvalue weighted by Gasteiger charge is -2.25. The van der Waals surface area contributed by atoms with E-state index in [0.717, 1.165) is 17.0 Å². The van der Waals surface area contributed by atoms with E-state index < -0.39 is 0 Å². The topological polar surface area (TPSA) is 41.6 Å². The minimum Gasteiger partial charge on any atom is -0.290 e. The van der Waals surface area contributed by atoms with E-state index in [1.807, 2.05) is 5.01 Å². The largest absolute Gasteiger partial charge is 0.290 e. The maximum absolute atomic E-state index is 6.98. The van der Waals surface area contributed by atoms with Crippen molar-refractivity contribution in [3.63, 3.8) is 0 Å². The van der Waals surface area contributed by atoms with Crippen LogP contribution in [0, 0.1) is 0 Å². The number of benzene rings is 6. The summed E-state index contributed by atoms with van der Waals surface area (Å²) >= 11 is 0. The highest BCUT2D eigenvalue weighted by molar-refractivity contribution is 6.00. The maximum atomic E-state index is 6.98. The summed E-state index contributed by atoms with van der Waals surface area (Å²) in [5, 5.41) is 4.27. The van der Waals surface area contributed by atoms with Crippen LogP contribution in [-0.4, -0.2) is 10.8 Å². The average Bonchev–Trinajstić information content (AvgIpc) is 3.44. The van der Waals surface area contributed by atoms with Crippen molar-refractivity contribution in [3.05, 3.63) is 166 Å². The molecule has 2 aliphatic carbocycles. The number of hydrazine groups is 1. The molecule has 0 radical (unpaired) electrons. The summed E-state index contributed by atoms with van der Waals surface area (Å²) in [6, 6.07) is 46.2. The fourth-order valence-corrected chi connectivity index (χ4v) is 7.82. The minimum absolute atomic E-state index is 0.0506. The van der Waals surface area contributed by atoms with Gasteiger partial charge in [-0.05, 0) is 78.5 Å². The van der Waals surface area contributed by atoms with Crippen molar-refractivity contribution in [2.45, 2.75) is 51.6 Å². The molecule has 0 saturated carbocycles. The molecule has 0 atom stereocenters. The molecule has 0 saturated heterocycles. The van der Waals surface area contributed by atoms with E-state index in [4.69, 9.17) is 10.8 Å². The van der Waals surface area contributed by atoms with Gasteiger partial charge >= 0.3 is 0 Å². The van der Waals surface area contributed by atoms with E-state index in [2.05, 4.69) is 155 Å². The van der Waals surface area contributed by atoms with Crippen LogP contribution in [0.15, 0.2) is 132 Å². The zero-order chi connectivity index (χ0) is 31.6. The van der Waals surface area contributed by atoms with Gasteiger partial charge in [-0.2, -0.15) is 0 Å². The fraction of sp³-hybridized carbons (Fsp3) is 0.186. The Balaban J connectivity index is 1.18. The zero-order valence-electron chi connectivity index (χ0n) is 27.0. The molecule has 0 spiro atoms. The van der Waals surface area contributed by atoms with Crippen molar-refractivity contribution in [2.24, 2.45) is 10.8 Å². The number of fused-ring (bicyclic) bond motifs is 7. The van der Waals surface area contributed by atoms with Gasteiger partial charge in [0.1, 0.15) is 5.84 Å². The van der Waals surface area contributed by atoms with Gasteiger partial charge < -0.3 is 0 Å². The third-order valence-corrected chi connectivity index (χ3v) is 10.3.